The van der Waals surface area contributed by atoms with Crippen LogP contribution in [-0.2, 0) is 11.1 Å². The summed E-state index contributed by atoms with van der Waals surface area (Å²) < 4.78 is 11.6. The number of rotatable bonds is 5. The summed E-state index contributed by atoms with van der Waals surface area (Å²) >= 11 is 0. The van der Waals surface area contributed by atoms with Gasteiger partial charge in [0.25, 0.3) is 5.69 Å². The highest BCUT2D eigenvalue weighted by molar-refractivity contribution is 7.60. The van der Waals surface area contributed by atoms with Crippen molar-refractivity contribution in [2.24, 2.45) is 0 Å². The highest BCUT2D eigenvalue weighted by atomic mass is 31.2. The van der Waals surface area contributed by atoms with E-state index in [9.17, 15) is 34.1 Å². The molecule has 0 fully saturated rings. The lowest BCUT2D eigenvalue weighted by Gasteiger charge is -2.13. The summed E-state index contributed by atoms with van der Waals surface area (Å²) in [4.78, 5) is 57.0. The van der Waals surface area contributed by atoms with Crippen LogP contribution in [0, 0.1) is 10.1 Å². The van der Waals surface area contributed by atoms with Crippen LogP contribution in [0.2, 0.25) is 0 Å². The lowest BCUT2D eigenvalue weighted by atomic mass is 10.1. The maximum Gasteiger partial charge on any atom is 0.358 e. The molecule has 0 amide bonds. The second kappa shape index (κ2) is 6.80. The Bertz CT molecular complexity index is 1210. The number of nitrogens with one attached hydrogen (secondary N) is 3. The van der Waals surface area contributed by atoms with Crippen molar-refractivity contribution < 1.29 is 19.3 Å². The number of nitrogens with zero attached hydrogens (tertiary/aromatic N) is 1. The first-order valence-electron chi connectivity index (χ1n) is 7.49. The predicted octanol–water partition coefficient (Wildman–Crippen LogP) is 0.540. The first-order chi connectivity index (χ1) is 12.7. The molecule has 0 atom stereocenters. The normalized spacial score (nSPS) is 11.5. The van der Waals surface area contributed by atoms with Crippen molar-refractivity contribution in [1.82, 2.24) is 9.97 Å². The molecular formula is C15H13N4O7P. The third kappa shape index (κ3) is 3.80. The summed E-state index contributed by atoms with van der Waals surface area (Å²) in [6, 6.07) is 8.03. The smallest absolute Gasteiger partial charge is 0.358 e. The Morgan fingerprint density at radius 2 is 1.78 bits per heavy atom. The SMILES string of the molecule is O=c1[nH]c2cc([N+](=O)[O-])cc(CNc3ccccc3P(=O)(O)O)c2[nH]c1=O. The van der Waals surface area contributed by atoms with E-state index in [0.29, 0.717) is 0 Å². The quantitative estimate of drug-likeness (QED) is 0.181. The molecule has 27 heavy (non-hydrogen) atoms. The number of H-pyrrole nitrogens is 2. The Balaban J connectivity index is 2.09. The number of anilines is 1. The van der Waals surface area contributed by atoms with E-state index in [1.165, 1.54) is 24.3 Å². The largest absolute Gasteiger partial charge is 0.380 e. The van der Waals surface area contributed by atoms with Gasteiger partial charge in [-0.05, 0) is 12.1 Å². The predicted molar refractivity (Wildman–Crippen MR) is 97.3 cm³/mol. The number of non-ortho nitro benzene ring substituents is 1. The molecule has 5 N–H and O–H groups in total. The van der Waals surface area contributed by atoms with Crippen molar-refractivity contribution >= 4 is 35.3 Å². The zero-order valence-electron chi connectivity index (χ0n) is 13.5. The van der Waals surface area contributed by atoms with Crippen LogP contribution in [0.1, 0.15) is 5.56 Å². The minimum atomic E-state index is -4.54. The number of aromatic amines is 2. The van der Waals surface area contributed by atoms with E-state index in [1.54, 1.807) is 6.07 Å². The number of para-hydroxylation sites is 1. The van der Waals surface area contributed by atoms with Crippen molar-refractivity contribution in [3.05, 3.63) is 72.8 Å². The van der Waals surface area contributed by atoms with Gasteiger partial charge < -0.3 is 25.1 Å². The minimum Gasteiger partial charge on any atom is -0.380 e. The molecule has 0 aliphatic heterocycles. The third-order valence-corrected chi connectivity index (χ3v) is 4.81. The van der Waals surface area contributed by atoms with Crippen molar-refractivity contribution in [1.29, 1.82) is 0 Å². The van der Waals surface area contributed by atoms with Crippen molar-refractivity contribution in [3.63, 3.8) is 0 Å². The number of fused-ring (bicyclic) bond motifs is 1. The maximum atomic E-state index is 11.6. The van der Waals surface area contributed by atoms with Gasteiger partial charge in [-0.15, -0.1) is 0 Å². The summed E-state index contributed by atoms with van der Waals surface area (Å²) in [5.41, 5.74) is -1.56. The Hall–Kier alpha value is -3.27. The molecule has 3 rings (SSSR count). The summed E-state index contributed by atoms with van der Waals surface area (Å²) in [5.74, 6) is 0. The molecule has 0 saturated carbocycles. The molecule has 0 unspecified atom stereocenters. The molecule has 0 radical (unpaired) electrons. The molecular weight excluding hydrogens is 379 g/mol. The Morgan fingerprint density at radius 3 is 2.44 bits per heavy atom. The molecule has 12 heteroatoms. The number of benzene rings is 2. The van der Waals surface area contributed by atoms with E-state index in [4.69, 9.17) is 0 Å². The molecule has 0 spiro atoms. The maximum absolute atomic E-state index is 11.6. The Labute approximate surface area is 150 Å². The van der Waals surface area contributed by atoms with Gasteiger partial charge in [-0.25, -0.2) is 0 Å². The fourth-order valence-electron chi connectivity index (χ4n) is 2.59. The summed E-state index contributed by atoms with van der Waals surface area (Å²) in [7, 11) is -4.54. The van der Waals surface area contributed by atoms with Crippen LogP contribution in [0.3, 0.4) is 0 Å². The van der Waals surface area contributed by atoms with Crippen molar-refractivity contribution in [2.75, 3.05) is 5.32 Å². The summed E-state index contributed by atoms with van der Waals surface area (Å²) in [6.45, 7) is -0.100. The van der Waals surface area contributed by atoms with Gasteiger partial charge in [-0.3, -0.25) is 24.3 Å². The first kappa shape index (κ1) is 18.5. The molecule has 3 aromatic rings. The van der Waals surface area contributed by atoms with E-state index in [-0.39, 0.29) is 39.8 Å². The highest BCUT2D eigenvalue weighted by Crippen LogP contribution is 2.36. The monoisotopic (exact) mass is 392 g/mol. The average molecular weight is 392 g/mol. The Morgan fingerprint density at radius 1 is 1.11 bits per heavy atom. The molecule has 0 aliphatic carbocycles. The lowest BCUT2D eigenvalue weighted by molar-refractivity contribution is -0.384. The highest BCUT2D eigenvalue weighted by Gasteiger charge is 2.21. The van der Waals surface area contributed by atoms with Gasteiger partial charge in [-0.1, -0.05) is 12.1 Å². The van der Waals surface area contributed by atoms with E-state index >= 15 is 0 Å². The van der Waals surface area contributed by atoms with Crippen LogP contribution in [0.15, 0.2) is 46.0 Å². The molecule has 1 heterocycles. The zero-order chi connectivity index (χ0) is 19.8. The summed E-state index contributed by atoms with van der Waals surface area (Å²) in [6.07, 6.45) is 0. The number of hydrogen-bond acceptors (Lipinski definition) is 6. The van der Waals surface area contributed by atoms with Gasteiger partial charge in [0.15, 0.2) is 0 Å². The first-order valence-corrected chi connectivity index (χ1v) is 9.10. The molecule has 0 aliphatic rings. The van der Waals surface area contributed by atoms with Gasteiger partial charge in [-0.2, -0.15) is 0 Å². The van der Waals surface area contributed by atoms with E-state index in [1.807, 2.05) is 0 Å². The van der Waals surface area contributed by atoms with Crippen LogP contribution in [-0.4, -0.2) is 24.7 Å². The zero-order valence-corrected chi connectivity index (χ0v) is 14.4. The number of nitro groups is 1. The topological polar surface area (TPSA) is 178 Å². The van der Waals surface area contributed by atoms with E-state index in [0.717, 1.165) is 6.07 Å². The van der Waals surface area contributed by atoms with Gasteiger partial charge in [0.2, 0.25) is 0 Å². The molecule has 2 aromatic carbocycles. The van der Waals surface area contributed by atoms with Crippen molar-refractivity contribution in [2.45, 2.75) is 6.54 Å². The molecule has 0 bridgehead atoms. The summed E-state index contributed by atoms with van der Waals surface area (Å²) in [5, 5.41) is 13.7. The average Bonchev–Trinajstić information content (AvgIpc) is 2.60. The van der Waals surface area contributed by atoms with Crippen LogP contribution in [0.5, 0.6) is 0 Å². The second-order valence-corrected chi connectivity index (χ2v) is 7.18. The molecule has 1 aromatic heterocycles. The number of nitro benzene ring substituents is 1. The Kier molecular flexibility index (Phi) is 4.66. The minimum absolute atomic E-state index is 0.0638. The number of hydrogen-bond donors (Lipinski definition) is 5. The number of aromatic nitrogens is 2. The third-order valence-electron chi connectivity index (χ3n) is 3.80. The molecule has 11 nitrogen and oxygen atoms in total. The van der Waals surface area contributed by atoms with Crippen LogP contribution in [0.25, 0.3) is 11.0 Å². The second-order valence-electron chi connectivity index (χ2n) is 5.61. The fraction of sp³-hybridized carbons (Fsp3) is 0.0667. The van der Waals surface area contributed by atoms with E-state index < -0.39 is 23.6 Å². The molecule has 140 valence electrons. The van der Waals surface area contributed by atoms with Gasteiger partial charge in [0.1, 0.15) is 0 Å². The fourth-order valence-corrected chi connectivity index (χ4v) is 3.34. The lowest BCUT2D eigenvalue weighted by Crippen LogP contribution is -2.29. The van der Waals surface area contributed by atoms with Crippen LogP contribution >= 0.6 is 7.60 Å². The van der Waals surface area contributed by atoms with Gasteiger partial charge >= 0.3 is 18.7 Å². The van der Waals surface area contributed by atoms with Gasteiger partial charge in [0, 0.05) is 29.9 Å². The van der Waals surface area contributed by atoms with E-state index in [2.05, 4.69) is 15.3 Å². The van der Waals surface area contributed by atoms with Crippen LogP contribution < -0.4 is 21.7 Å². The van der Waals surface area contributed by atoms with Gasteiger partial charge in [0.05, 0.1) is 21.3 Å². The standard InChI is InChI=1S/C15H13N4O7P/c20-14-15(21)18-13-8(5-9(19(22)23)6-11(13)17-14)7-16-10-3-1-2-4-12(10)27(24,25)26/h1-6,16H,7H2,(H,17,20)(H,18,21)(H2,24,25,26). The van der Waals surface area contributed by atoms with Crippen LogP contribution in [0.4, 0.5) is 11.4 Å². The molecule has 0 saturated heterocycles. The van der Waals surface area contributed by atoms with Crippen molar-refractivity contribution in [3.8, 4) is 0 Å².